The van der Waals surface area contributed by atoms with Crippen molar-refractivity contribution in [2.75, 3.05) is 0 Å². The fourth-order valence-electron chi connectivity index (χ4n) is 3.23. The van der Waals surface area contributed by atoms with Crippen LogP contribution in [0.4, 0.5) is 0 Å². The molecule has 2 aromatic heterocycles. The minimum atomic E-state index is -3.96. The standard InChI is InChI=1S/C21H19NO5S2/c1-12(2)20(21(23)24)22-29(25,26)14-6-8-16-15-7-5-13(17-4-3-9-27-17)10-18(15)28-19(16)11-14/h3-12,20,22H,1-2H3,(H,23,24)/t20-/m0/s1. The second kappa shape index (κ2) is 7.29. The van der Waals surface area contributed by atoms with Crippen LogP contribution in [0, 0.1) is 5.92 Å². The average molecular weight is 430 g/mol. The van der Waals surface area contributed by atoms with Gasteiger partial charge in [-0.25, -0.2) is 8.42 Å². The number of nitrogens with one attached hydrogen (secondary N) is 1. The Kier molecular flexibility index (Phi) is 4.94. The molecule has 4 rings (SSSR count). The van der Waals surface area contributed by atoms with E-state index in [-0.39, 0.29) is 10.8 Å². The second-order valence-corrected chi connectivity index (χ2v) is 9.93. The molecule has 0 amide bonds. The Balaban J connectivity index is 1.75. The van der Waals surface area contributed by atoms with E-state index in [4.69, 9.17) is 4.42 Å². The molecule has 0 fully saturated rings. The number of thiophene rings is 1. The van der Waals surface area contributed by atoms with Gasteiger partial charge in [-0.1, -0.05) is 32.0 Å². The topological polar surface area (TPSA) is 96.6 Å². The van der Waals surface area contributed by atoms with Crippen LogP contribution in [0.15, 0.2) is 64.1 Å². The summed E-state index contributed by atoms with van der Waals surface area (Å²) in [6.07, 6.45) is 1.62. The molecule has 0 aliphatic rings. The second-order valence-electron chi connectivity index (χ2n) is 7.13. The van der Waals surface area contributed by atoms with E-state index >= 15 is 0 Å². The monoisotopic (exact) mass is 429 g/mol. The van der Waals surface area contributed by atoms with E-state index in [1.165, 1.54) is 17.4 Å². The van der Waals surface area contributed by atoms with Crippen molar-refractivity contribution in [3.05, 3.63) is 54.8 Å². The van der Waals surface area contributed by atoms with E-state index in [2.05, 4.69) is 4.72 Å². The Bertz CT molecular complexity index is 1300. The predicted molar refractivity (Wildman–Crippen MR) is 114 cm³/mol. The molecule has 0 spiro atoms. The summed E-state index contributed by atoms with van der Waals surface area (Å²) < 4.78 is 35.1. The Morgan fingerprint density at radius 1 is 1.07 bits per heavy atom. The van der Waals surface area contributed by atoms with Gasteiger partial charge in [0.2, 0.25) is 10.0 Å². The number of sulfonamides is 1. The molecule has 6 nitrogen and oxygen atoms in total. The van der Waals surface area contributed by atoms with Gasteiger partial charge in [-0.3, -0.25) is 4.79 Å². The van der Waals surface area contributed by atoms with Crippen LogP contribution in [0.5, 0.6) is 0 Å². The van der Waals surface area contributed by atoms with E-state index in [1.54, 1.807) is 32.2 Å². The van der Waals surface area contributed by atoms with Crippen molar-refractivity contribution < 1.29 is 22.7 Å². The van der Waals surface area contributed by atoms with Crippen LogP contribution in [0.1, 0.15) is 13.8 Å². The first kappa shape index (κ1) is 19.6. The average Bonchev–Trinajstić information content (AvgIpc) is 3.32. The third-order valence-electron chi connectivity index (χ3n) is 4.78. The lowest BCUT2D eigenvalue weighted by Crippen LogP contribution is -2.44. The number of carbonyl (C=O) groups is 1. The maximum absolute atomic E-state index is 12.7. The van der Waals surface area contributed by atoms with Gasteiger partial charge < -0.3 is 9.52 Å². The van der Waals surface area contributed by atoms with E-state index < -0.39 is 22.0 Å². The number of furan rings is 1. The van der Waals surface area contributed by atoms with Gasteiger partial charge in [0.25, 0.3) is 0 Å². The van der Waals surface area contributed by atoms with Crippen molar-refractivity contribution in [2.45, 2.75) is 24.8 Å². The maximum atomic E-state index is 12.7. The molecule has 2 N–H and O–H groups in total. The first-order valence-corrected chi connectivity index (χ1v) is 11.3. The van der Waals surface area contributed by atoms with Crippen molar-refractivity contribution in [1.29, 1.82) is 0 Å². The first-order valence-electron chi connectivity index (χ1n) is 9.01. The molecular weight excluding hydrogens is 410 g/mol. The van der Waals surface area contributed by atoms with E-state index in [1.807, 2.05) is 30.3 Å². The number of carboxylic acids is 1. The molecule has 29 heavy (non-hydrogen) atoms. The summed E-state index contributed by atoms with van der Waals surface area (Å²) in [5.41, 5.74) is 0.949. The zero-order valence-electron chi connectivity index (χ0n) is 15.7. The van der Waals surface area contributed by atoms with Crippen molar-refractivity contribution in [2.24, 2.45) is 5.92 Å². The summed E-state index contributed by atoms with van der Waals surface area (Å²) in [4.78, 5) is 11.4. The van der Waals surface area contributed by atoms with Crippen LogP contribution in [0.3, 0.4) is 0 Å². The Labute approximate surface area is 171 Å². The zero-order valence-corrected chi connectivity index (χ0v) is 17.4. The normalized spacial score (nSPS) is 13.3. The van der Waals surface area contributed by atoms with Crippen LogP contribution >= 0.6 is 11.3 Å². The Hall–Kier alpha value is -2.68. The number of fused-ring (bicyclic) bond motifs is 3. The summed E-state index contributed by atoms with van der Waals surface area (Å²) in [6, 6.07) is 13.4. The summed E-state index contributed by atoms with van der Waals surface area (Å²) in [7, 11) is -3.96. The Morgan fingerprint density at radius 2 is 1.76 bits per heavy atom. The van der Waals surface area contributed by atoms with Gasteiger partial charge >= 0.3 is 5.97 Å². The smallest absolute Gasteiger partial charge is 0.322 e. The largest absolute Gasteiger partial charge is 0.480 e. The number of rotatable bonds is 6. The van der Waals surface area contributed by atoms with Crippen molar-refractivity contribution in [3.63, 3.8) is 0 Å². The molecule has 0 radical (unpaired) electrons. The van der Waals surface area contributed by atoms with Crippen LogP contribution in [-0.4, -0.2) is 25.5 Å². The summed E-state index contributed by atoms with van der Waals surface area (Å²) >= 11 is 1.48. The lowest BCUT2D eigenvalue weighted by Gasteiger charge is -2.18. The SMILES string of the molecule is CC(C)[C@H](NS(=O)(=O)c1ccc2c(c1)sc1cc(-c3ccco3)ccc12)C(=O)O. The lowest BCUT2D eigenvalue weighted by molar-refractivity contribution is -0.140. The van der Waals surface area contributed by atoms with Crippen molar-refractivity contribution in [3.8, 4) is 11.3 Å². The molecule has 8 heteroatoms. The molecule has 1 atom stereocenters. The molecule has 150 valence electrons. The van der Waals surface area contributed by atoms with E-state index in [9.17, 15) is 18.3 Å². The number of hydrogen-bond donors (Lipinski definition) is 2. The van der Waals surface area contributed by atoms with Gasteiger partial charge in [-0.15, -0.1) is 11.3 Å². The molecule has 0 saturated heterocycles. The minimum Gasteiger partial charge on any atom is -0.480 e. The van der Waals surface area contributed by atoms with Gasteiger partial charge in [0.15, 0.2) is 0 Å². The third kappa shape index (κ3) is 3.66. The lowest BCUT2D eigenvalue weighted by atomic mass is 10.1. The maximum Gasteiger partial charge on any atom is 0.322 e. The zero-order chi connectivity index (χ0) is 20.8. The number of aliphatic carboxylic acids is 1. The van der Waals surface area contributed by atoms with Gasteiger partial charge in [-0.05, 0) is 36.2 Å². The van der Waals surface area contributed by atoms with Crippen LogP contribution in [-0.2, 0) is 14.8 Å². The predicted octanol–water partition coefficient (Wildman–Crippen LogP) is 4.70. The van der Waals surface area contributed by atoms with Gasteiger partial charge in [-0.2, -0.15) is 4.72 Å². The third-order valence-corrected chi connectivity index (χ3v) is 7.33. The molecule has 4 aromatic rings. The van der Waals surface area contributed by atoms with E-state index in [0.29, 0.717) is 0 Å². The molecule has 0 aliphatic heterocycles. The summed E-state index contributed by atoms with van der Waals surface area (Å²) in [5.74, 6) is -0.808. The molecule has 0 aliphatic carbocycles. The number of hydrogen-bond acceptors (Lipinski definition) is 5. The highest BCUT2D eigenvalue weighted by atomic mass is 32.2. The molecule has 2 heterocycles. The fraction of sp³-hybridized carbons (Fsp3) is 0.190. The quantitative estimate of drug-likeness (QED) is 0.463. The highest BCUT2D eigenvalue weighted by molar-refractivity contribution is 7.89. The number of benzene rings is 2. The molecule has 0 bridgehead atoms. The Morgan fingerprint density at radius 3 is 2.38 bits per heavy atom. The van der Waals surface area contributed by atoms with Crippen LogP contribution < -0.4 is 4.72 Å². The molecule has 2 aromatic carbocycles. The highest BCUT2D eigenvalue weighted by Crippen LogP contribution is 2.37. The summed E-state index contributed by atoms with van der Waals surface area (Å²) in [6.45, 7) is 3.32. The highest BCUT2D eigenvalue weighted by Gasteiger charge is 2.28. The number of carboxylic acid groups (broad SMARTS) is 1. The van der Waals surface area contributed by atoms with Gasteiger partial charge in [0.1, 0.15) is 11.8 Å². The van der Waals surface area contributed by atoms with Crippen molar-refractivity contribution in [1.82, 2.24) is 4.72 Å². The fourth-order valence-corrected chi connectivity index (χ4v) is 5.85. The van der Waals surface area contributed by atoms with Gasteiger partial charge in [0.05, 0.1) is 11.2 Å². The van der Waals surface area contributed by atoms with Gasteiger partial charge in [0, 0.05) is 25.7 Å². The minimum absolute atomic E-state index is 0.0507. The van der Waals surface area contributed by atoms with Crippen molar-refractivity contribution >= 4 is 47.5 Å². The van der Waals surface area contributed by atoms with Crippen LogP contribution in [0.2, 0.25) is 0 Å². The summed E-state index contributed by atoms with van der Waals surface area (Å²) in [5, 5.41) is 11.3. The first-order chi connectivity index (χ1) is 13.8. The molecule has 0 saturated carbocycles. The molecular formula is C21H19NO5S2. The molecule has 0 unspecified atom stereocenters. The van der Waals surface area contributed by atoms with Crippen LogP contribution in [0.25, 0.3) is 31.5 Å². The van der Waals surface area contributed by atoms with E-state index in [0.717, 1.165) is 31.5 Å².